The zero-order valence-electron chi connectivity index (χ0n) is 13.7. The first-order valence-corrected chi connectivity index (χ1v) is 7.99. The van der Waals surface area contributed by atoms with E-state index in [1.165, 1.54) is 6.33 Å². The molecule has 1 amide bonds. The molecule has 0 saturated heterocycles. The summed E-state index contributed by atoms with van der Waals surface area (Å²) >= 11 is 0. The largest absolute Gasteiger partial charge is 0.348 e. The Morgan fingerprint density at radius 1 is 1.04 bits per heavy atom. The number of hydrogen-bond acceptors (Lipinski definition) is 5. The molecule has 0 aliphatic carbocycles. The topological polar surface area (TPSA) is 90.5 Å². The van der Waals surface area contributed by atoms with E-state index < -0.39 is 0 Å². The molecule has 2 aromatic heterocycles. The molecule has 2 heterocycles. The SMILES string of the molecule is O=C(NCc1ccc(-n2cncn2)cc1)c1ccccc1-n1ccnn1. The van der Waals surface area contributed by atoms with E-state index in [-0.39, 0.29) is 5.91 Å². The van der Waals surface area contributed by atoms with Crippen LogP contribution in [0.25, 0.3) is 11.4 Å². The number of hydrogen-bond donors (Lipinski definition) is 1. The quantitative estimate of drug-likeness (QED) is 0.595. The first-order chi connectivity index (χ1) is 12.8. The minimum atomic E-state index is -0.170. The molecule has 1 N–H and O–H groups in total. The van der Waals surface area contributed by atoms with Gasteiger partial charge in [0.2, 0.25) is 0 Å². The van der Waals surface area contributed by atoms with E-state index in [4.69, 9.17) is 0 Å². The molecule has 128 valence electrons. The number of nitrogens with zero attached hydrogens (tertiary/aromatic N) is 6. The number of carbonyl (C=O) groups is 1. The summed E-state index contributed by atoms with van der Waals surface area (Å²) in [5.41, 5.74) is 3.12. The van der Waals surface area contributed by atoms with Crippen molar-refractivity contribution in [1.82, 2.24) is 35.1 Å². The van der Waals surface area contributed by atoms with E-state index in [0.717, 1.165) is 11.3 Å². The van der Waals surface area contributed by atoms with Crippen LogP contribution in [0, 0.1) is 0 Å². The summed E-state index contributed by atoms with van der Waals surface area (Å²) in [6, 6.07) is 15.0. The molecule has 0 fully saturated rings. The lowest BCUT2D eigenvalue weighted by Crippen LogP contribution is -2.24. The van der Waals surface area contributed by atoms with Crippen LogP contribution < -0.4 is 5.32 Å². The molecular formula is C18H15N7O. The maximum absolute atomic E-state index is 12.6. The normalized spacial score (nSPS) is 10.6. The molecule has 0 atom stereocenters. The zero-order chi connectivity index (χ0) is 17.8. The van der Waals surface area contributed by atoms with Crippen molar-refractivity contribution in [2.45, 2.75) is 6.54 Å². The predicted octanol–water partition coefficient (Wildman–Crippen LogP) is 1.78. The highest BCUT2D eigenvalue weighted by Gasteiger charge is 2.12. The van der Waals surface area contributed by atoms with Gasteiger partial charge in [0.05, 0.1) is 29.3 Å². The zero-order valence-corrected chi connectivity index (χ0v) is 13.7. The fourth-order valence-electron chi connectivity index (χ4n) is 2.59. The van der Waals surface area contributed by atoms with Gasteiger partial charge in [0.25, 0.3) is 5.91 Å². The Kier molecular flexibility index (Phi) is 4.21. The molecule has 0 radical (unpaired) electrons. The summed E-state index contributed by atoms with van der Waals surface area (Å²) in [6.45, 7) is 0.419. The van der Waals surface area contributed by atoms with Gasteiger partial charge in [0, 0.05) is 6.54 Å². The molecular weight excluding hydrogens is 330 g/mol. The van der Waals surface area contributed by atoms with Crippen molar-refractivity contribution in [1.29, 1.82) is 0 Å². The number of para-hydroxylation sites is 1. The Morgan fingerprint density at radius 3 is 2.62 bits per heavy atom. The number of benzene rings is 2. The van der Waals surface area contributed by atoms with Crippen LogP contribution in [0.3, 0.4) is 0 Å². The molecule has 0 saturated carbocycles. The standard InChI is InChI=1S/C18H15N7O/c26-18(16-3-1-2-4-17(16)24-10-9-21-23-24)20-11-14-5-7-15(8-6-14)25-13-19-12-22-25/h1-10,12-13H,11H2,(H,20,26). The van der Waals surface area contributed by atoms with Gasteiger partial charge in [0.1, 0.15) is 12.7 Å². The van der Waals surface area contributed by atoms with Crippen molar-refractivity contribution in [3.8, 4) is 11.4 Å². The molecule has 4 aromatic rings. The van der Waals surface area contributed by atoms with Crippen LogP contribution in [-0.2, 0) is 6.54 Å². The van der Waals surface area contributed by atoms with Crippen LogP contribution in [0.1, 0.15) is 15.9 Å². The maximum atomic E-state index is 12.6. The van der Waals surface area contributed by atoms with Gasteiger partial charge in [-0.1, -0.05) is 29.5 Å². The van der Waals surface area contributed by atoms with Crippen molar-refractivity contribution < 1.29 is 4.79 Å². The van der Waals surface area contributed by atoms with Crippen molar-refractivity contribution >= 4 is 5.91 Å². The molecule has 26 heavy (non-hydrogen) atoms. The lowest BCUT2D eigenvalue weighted by Gasteiger charge is -2.10. The molecule has 4 rings (SSSR count). The lowest BCUT2D eigenvalue weighted by molar-refractivity contribution is 0.0950. The molecule has 8 heteroatoms. The predicted molar refractivity (Wildman–Crippen MR) is 93.9 cm³/mol. The third kappa shape index (κ3) is 3.20. The van der Waals surface area contributed by atoms with E-state index in [9.17, 15) is 4.79 Å². The van der Waals surface area contributed by atoms with E-state index in [2.05, 4.69) is 25.7 Å². The van der Waals surface area contributed by atoms with Gasteiger partial charge in [0.15, 0.2) is 0 Å². The van der Waals surface area contributed by atoms with Gasteiger partial charge in [-0.2, -0.15) is 5.10 Å². The molecule has 0 unspecified atom stereocenters. The monoisotopic (exact) mass is 345 g/mol. The summed E-state index contributed by atoms with van der Waals surface area (Å²) in [6.07, 6.45) is 6.40. The Balaban J connectivity index is 1.46. The van der Waals surface area contributed by atoms with Gasteiger partial charge in [-0.05, 0) is 29.8 Å². The first-order valence-electron chi connectivity index (χ1n) is 7.99. The van der Waals surface area contributed by atoms with Gasteiger partial charge in [-0.15, -0.1) is 5.10 Å². The maximum Gasteiger partial charge on any atom is 0.253 e. The number of amides is 1. The second-order valence-electron chi connectivity index (χ2n) is 5.55. The third-order valence-corrected chi connectivity index (χ3v) is 3.89. The molecule has 0 aliphatic rings. The smallest absolute Gasteiger partial charge is 0.253 e. The van der Waals surface area contributed by atoms with E-state index >= 15 is 0 Å². The number of aromatic nitrogens is 6. The van der Waals surface area contributed by atoms with Crippen LogP contribution >= 0.6 is 0 Å². The summed E-state index contributed by atoms with van der Waals surface area (Å²) < 4.78 is 3.25. The minimum absolute atomic E-state index is 0.170. The van der Waals surface area contributed by atoms with Gasteiger partial charge in [-0.25, -0.2) is 14.3 Å². The molecule has 2 aromatic carbocycles. The second-order valence-corrected chi connectivity index (χ2v) is 5.55. The third-order valence-electron chi connectivity index (χ3n) is 3.89. The van der Waals surface area contributed by atoms with Crippen LogP contribution in [0.5, 0.6) is 0 Å². The average molecular weight is 345 g/mol. The summed E-state index contributed by atoms with van der Waals surface area (Å²) in [7, 11) is 0. The van der Waals surface area contributed by atoms with E-state index in [1.54, 1.807) is 34.2 Å². The molecule has 0 aliphatic heterocycles. The van der Waals surface area contributed by atoms with Gasteiger partial charge in [-0.3, -0.25) is 4.79 Å². The lowest BCUT2D eigenvalue weighted by atomic mass is 10.1. The van der Waals surface area contributed by atoms with Gasteiger partial charge < -0.3 is 5.32 Å². The van der Waals surface area contributed by atoms with Crippen molar-refractivity contribution in [2.75, 3.05) is 0 Å². The van der Waals surface area contributed by atoms with Crippen LogP contribution in [0.4, 0.5) is 0 Å². The summed E-state index contributed by atoms with van der Waals surface area (Å²) in [5, 5.41) is 14.8. The minimum Gasteiger partial charge on any atom is -0.348 e. The van der Waals surface area contributed by atoms with Crippen molar-refractivity contribution in [3.63, 3.8) is 0 Å². The fourth-order valence-corrected chi connectivity index (χ4v) is 2.59. The van der Waals surface area contributed by atoms with Crippen molar-refractivity contribution in [2.24, 2.45) is 0 Å². The Labute approximate surface area is 149 Å². The fraction of sp³-hybridized carbons (Fsp3) is 0.0556. The summed E-state index contributed by atoms with van der Waals surface area (Å²) in [4.78, 5) is 16.5. The Morgan fingerprint density at radius 2 is 1.88 bits per heavy atom. The van der Waals surface area contributed by atoms with Gasteiger partial charge >= 0.3 is 0 Å². The van der Waals surface area contributed by atoms with E-state index in [1.807, 2.05) is 42.5 Å². The number of carbonyl (C=O) groups excluding carboxylic acids is 1. The summed E-state index contributed by atoms with van der Waals surface area (Å²) in [5.74, 6) is -0.170. The number of rotatable bonds is 5. The van der Waals surface area contributed by atoms with Crippen LogP contribution in [0.2, 0.25) is 0 Å². The second kappa shape index (κ2) is 6.98. The Hall–Kier alpha value is -3.81. The number of nitrogens with one attached hydrogen (secondary N) is 1. The van der Waals surface area contributed by atoms with Crippen LogP contribution in [0.15, 0.2) is 73.6 Å². The van der Waals surface area contributed by atoms with Crippen LogP contribution in [-0.4, -0.2) is 35.7 Å². The molecule has 0 bridgehead atoms. The highest BCUT2D eigenvalue weighted by atomic mass is 16.1. The Bertz CT molecular complexity index is 992. The van der Waals surface area contributed by atoms with E-state index in [0.29, 0.717) is 17.8 Å². The molecule has 0 spiro atoms. The highest BCUT2D eigenvalue weighted by molar-refractivity contribution is 5.97. The molecule has 8 nitrogen and oxygen atoms in total. The van der Waals surface area contributed by atoms with Crippen molar-refractivity contribution in [3.05, 3.63) is 84.7 Å². The first kappa shape index (κ1) is 15.7. The highest BCUT2D eigenvalue weighted by Crippen LogP contribution is 2.13. The average Bonchev–Trinajstić information content (AvgIpc) is 3.40.